The van der Waals surface area contributed by atoms with Gasteiger partial charge in [-0.05, 0) is 54.7 Å². The first-order valence-corrected chi connectivity index (χ1v) is 6.71. The molecule has 0 atom stereocenters. The maximum Gasteiger partial charge on any atom is 0.146 e. The minimum Gasteiger partial charge on any atom is -0.456 e. The van der Waals surface area contributed by atoms with Gasteiger partial charge in [-0.25, -0.2) is 0 Å². The van der Waals surface area contributed by atoms with Crippen LogP contribution in [0.3, 0.4) is 0 Å². The number of hydrogen-bond acceptors (Lipinski definition) is 1. The van der Waals surface area contributed by atoms with Crippen LogP contribution in [0.4, 0.5) is 0 Å². The third kappa shape index (κ3) is 2.63. The Kier molecular flexibility index (Phi) is 3.19. The van der Waals surface area contributed by atoms with Gasteiger partial charge in [-0.15, -0.1) is 0 Å². The second-order valence-corrected chi connectivity index (χ2v) is 5.36. The van der Waals surface area contributed by atoms with Crippen LogP contribution in [0.1, 0.15) is 24.3 Å². The van der Waals surface area contributed by atoms with E-state index in [-0.39, 0.29) is 0 Å². The highest BCUT2D eigenvalue weighted by Crippen LogP contribution is 2.40. The molecule has 1 fully saturated rings. The van der Waals surface area contributed by atoms with Crippen molar-refractivity contribution in [3.8, 4) is 11.5 Å². The summed E-state index contributed by atoms with van der Waals surface area (Å²) in [6.45, 7) is 0. The molecular weight excluding hydrogens is 267 g/mol. The fourth-order valence-electron chi connectivity index (χ4n) is 1.91. The van der Waals surface area contributed by atoms with Gasteiger partial charge >= 0.3 is 0 Å². The van der Waals surface area contributed by atoms with E-state index in [0.29, 0.717) is 15.8 Å². The normalized spacial score (nSPS) is 14.6. The third-order valence-corrected chi connectivity index (χ3v) is 3.58. The smallest absolute Gasteiger partial charge is 0.146 e. The Bertz CT molecular complexity index is 559. The van der Waals surface area contributed by atoms with Crippen molar-refractivity contribution in [1.82, 2.24) is 0 Å². The van der Waals surface area contributed by atoms with E-state index in [2.05, 4.69) is 12.1 Å². The van der Waals surface area contributed by atoms with E-state index >= 15 is 0 Å². The van der Waals surface area contributed by atoms with E-state index in [1.165, 1.54) is 18.4 Å². The average Bonchev–Trinajstić information content (AvgIpc) is 3.18. The summed E-state index contributed by atoms with van der Waals surface area (Å²) in [5.41, 5.74) is 1.39. The predicted molar refractivity (Wildman–Crippen MR) is 75.0 cm³/mol. The molecule has 2 aromatic rings. The highest BCUT2D eigenvalue weighted by molar-refractivity contribution is 6.35. The lowest BCUT2D eigenvalue weighted by atomic mass is 10.1. The lowest BCUT2D eigenvalue weighted by Crippen LogP contribution is -1.86. The molecule has 1 saturated carbocycles. The lowest BCUT2D eigenvalue weighted by Gasteiger charge is -2.08. The SMILES string of the molecule is Clc1ccc(Oc2ccc(C3CC3)cc2)c(Cl)c1. The topological polar surface area (TPSA) is 9.23 Å². The van der Waals surface area contributed by atoms with Gasteiger partial charge in [0.2, 0.25) is 0 Å². The van der Waals surface area contributed by atoms with Crippen LogP contribution in [0.5, 0.6) is 11.5 Å². The molecule has 0 unspecified atom stereocenters. The van der Waals surface area contributed by atoms with Gasteiger partial charge in [-0.1, -0.05) is 35.3 Å². The van der Waals surface area contributed by atoms with Crippen LogP contribution in [0, 0.1) is 0 Å². The highest BCUT2D eigenvalue weighted by Gasteiger charge is 2.23. The van der Waals surface area contributed by atoms with Gasteiger partial charge < -0.3 is 4.74 Å². The first-order valence-electron chi connectivity index (χ1n) is 5.95. The van der Waals surface area contributed by atoms with Crippen LogP contribution < -0.4 is 4.74 Å². The van der Waals surface area contributed by atoms with Gasteiger partial charge in [-0.2, -0.15) is 0 Å². The van der Waals surface area contributed by atoms with E-state index in [1.54, 1.807) is 18.2 Å². The minimum absolute atomic E-state index is 0.522. The maximum absolute atomic E-state index is 6.06. The molecule has 0 N–H and O–H groups in total. The molecule has 2 aromatic carbocycles. The van der Waals surface area contributed by atoms with E-state index in [1.807, 2.05) is 12.1 Å². The molecule has 1 nitrogen and oxygen atoms in total. The molecule has 0 heterocycles. The van der Waals surface area contributed by atoms with Crippen LogP contribution in [-0.4, -0.2) is 0 Å². The van der Waals surface area contributed by atoms with Gasteiger partial charge in [0.1, 0.15) is 11.5 Å². The average molecular weight is 279 g/mol. The van der Waals surface area contributed by atoms with Crippen molar-refractivity contribution in [2.75, 3.05) is 0 Å². The summed E-state index contributed by atoms with van der Waals surface area (Å²) in [6.07, 6.45) is 2.62. The van der Waals surface area contributed by atoms with Crippen molar-refractivity contribution in [1.29, 1.82) is 0 Å². The fourth-order valence-corrected chi connectivity index (χ4v) is 2.36. The van der Waals surface area contributed by atoms with Crippen LogP contribution in [0.2, 0.25) is 10.0 Å². The first kappa shape index (κ1) is 11.9. The molecule has 0 bridgehead atoms. The molecule has 0 aliphatic heterocycles. The monoisotopic (exact) mass is 278 g/mol. The van der Waals surface area contributed by atoms with E-state index in [0.717, 1.165) is 11.7 Å². The molecule has 1 aliphatic rings. The lowest BCUT2D eigenvalue weighted by molar-refractivity contribution is 0.482. The quantitative estimate of drug-likeness (QED) is 0.704. The largest absolute Gasteiger partial charge is 0.456 e. The van der Waals surface area contributed by atoms with Crippen LogP contribution in [-0.2, 0) is 0 Å². The molecular formula is C15H12Cl2O. The molecule has 18 heavy (non-hydrogen) atoms. The zero-order valence-corrected chi connectivity index (χ0v) is 11.2. The Hall–Kier alpha value is -1.18. The molecule has 3 heteroatoms. The van der Waals surface area contributed by atoms with Crippen molar-refractivity contribution in [2.45, 2.75) is 18.8 Å². The number of halogens is 2. The van der Waals surface area contributed by atoms with Gasteiger partial charge in [0.25, 0.3) is 0 Å². The standard InChI is InChI=1S/C15H12Cl2O/c16-12-5-8-15(14(17)9-12)18-13-6-3-11(4-7-13)10-1-2-10/h3-10H,1-2H2. The summed E-state index contributed by atoms with van der Waals surface area (Å²) in [5, 5.41) is 1.13. The summed E-state index contributed by atoms with van der Waals surface area (Å²) in [4.78, 5) is 0. The van der Waals surface area contributed by atoms with Gasteiger partial charge in [0.05, 0.1) is 5.02 Å². The van der Waals surface area contributed by atoms with Gasteiger partial charge in [-0.3, -0.25) is 0 Å². The van der Waals surface area contributed by atoms with Crippen molar-refractivity contribution in [3.63, 3.8) is 0 Å². The van der Waals surface area contributed by atoms with Crippen LogP contribution >= 0.6 is 23.2 Å². The maximum atomic E-state index is 6.06. The summed E-state index contributed by atoms with van der Waals surface area (Å²) in [5.74, 6) is 2.18. The molecule has 1 aliphatic carbocycles. The van der Waals surface area contributed by atoms with Crippen molar-refractivity contribution < 1.29 is 4.74 Å². The second kappa shape index (κ2) is 4.83. The summed E-state index contributed by atoms with van der Waals surface area (Å²) >= 11 is 11.9. The fraction of sp³-hybridized carbons (Fsp3) is 0.200. The Morgan fingerprint density at radius 3 is 2.28 bits per heavy atom. The van der Waals surface area contributed by atoms with Crippen molar-refractivity contribution in [3.05, 3.63) is 58.1 Å². The molecule has 0 radical (unpaired) electrons. The molecule has 0 aromatic heterocycles. The zero-order chi connectivity index (χ0) is 12.5. The molecule has 0 saturated heterocycles. The Balaban J connectivity index is 1.78. The van der Waals surface area contributed by atoms with E-state index in [4.69, 9.17) is 27.9 Å². The van der Waals surface area contributed by atoms with Crippen LogP contribution in [0.25, 0.3) is 0 Å². The third-order valence-electron chi connectivity index (χ3n) is 3.05. The Labute approximate surface area is 116 Å². The molecule has 3 rings (SSSR count). The number of ether oxygens (including phenoxy) is 1. The Morgan fingerprint density at radius 2 is 1.67 bits per heavy atom. The highest BCUT2D eigenvalue weighted by atomic mass is 35.5. The minimum atomic E-state index is 0.522. The van der Waals surface area contributed by atoms with Gasteiger partial charge in [0.15, 0.2) is 0 Å². The summed E-state index contributed by atoms with van der Waals surface area (Å²) in [7, 11) is 0. The van der Waals surface area contributed by atoms with E-state index < -0.39 is 0 Å². The summed E-state index contributed by atoms with van der Waals surface area (Å²) in [6, 6.07) is 13.4. The molecule has 92 valence electrons. The predicted octanol–water partition coefficient (Wildman–Crippen LogP) is 5.66. The van der Waals surface area contributed by atoms with Crippen molar-refractivity contribution >= 4 is 23.2 Å². The Morgan fingerprint density at radius 1 is 0.944 bits per heavy atom. The molecule has 0 spiro atoms. The zero-order valence-electron chi connectivity index (χ0n) is 9.70. The first-order chi connectivity index (χ1) is 8.72. The van der Waals surface area contributed by atoms with Crippen molar-refractivity contribution in [2.24, 2.45) is 0 Å². The number of hydrogen-bond donors (Lipinski definition) is 0. The number of rotatable bonds is 3. The molecule has 0 amide bonds. The second-order valence-electron chi connectivity index (χ2n) is 4.52. The van der Waals surface area contributed by atoms with E-state index in [9.17, 15) is 0 Å². The van der Waals surface area contributed by atoms with Gasteiger partial charge in [0, 0.05) is 5.02 Å². The van der Waals surface area contributed by atoms with Crippen LogP contribution in [0.15, 0.2) is 42.5 Å². The number of benzene rings is 2. The summed E-state index contributed by atoms with van der Waals surface area (Å²) < 4.78 is 5.73.